The Bertz CT molecular complexity index is 1360. The van der Waals surface area contributed by atoms with Gasteiger partial charge in [0.05, 0.1) is 12.6 Å². The van der Waals surface area contributed by atoms with E-state index in [0.717, 1.165) is 32.6 Å². The number of aryl methyl sites for hydroxylation is 1. The summed E-state index contributed by atoms with van der Waals surface area (Å²) in [6.07, 6.45) is 0.210. The van der Waals surface area contributed by atoms with Crippen LogP contribution in [0.4, 0.5) is 8.78 Å². The number of halogens is 3. The monoisotopic (exact) mass is 554 g/mol. The first-order chi connectivity index (χ1) is 17.1. The van der Waals surface area contributed by atoms with Gasteiger partial charge in [-0.2, -0.15) is 0 Å². The Morgan fingerprint density at radius 1 is 1.03 bits per heavy atom. The van der Waals surface area contributed by atoms with Crippen molar-refractivity contribution in [3.05, 3.63) is 105 Å². The molecule has 2 atom stereocenters. The highest BCUT2D eigenvalue weighted by Gasteiger charge is 2.42. The lowest BCUT2D eigenvalue weighted by atomic mass is 9.71. The quantitative estimate of drug-likeness (QED) is 0.268. The number of aromatic nitrogens is 1. The number of methoxy groups -OCH3 is 1. The Labute approximate surface area is 218 Å². The lowest BCUT2D eigenvalue weighted by molar-refractivity contribution is 0.00326. The molecule has 0 saturated carbocycles. The lowest BCUT2D eigenvalue weighted by Gasteiger charge is -2.39. The minimum atomic E-state index is -1.68. The highest BCUT2D eigenvalue weighted by Crippen LogP contribution is 2.47. The van der Waals surface area contributed by atoms with Crippen LogP contribution in [0.2, 0.25) is 0 Å². The average molecular weight is 555 g/mol. The van der Waals surface area contributed by atoms with Crippen molar-refractivity contribution in [2.75, 3.05) is 27.7 Å². The summed E-state index contributed by atoms with van der Waals surface area (Å²) in [6, 6.07) is 18.5. The van der Waals surface area contributed by atoms with Crippen molar-refractivity contribution in [2.45, 2.75) is 24.9 Å². The number of hydrogen-bond donors (Lipinski definition) is 1. The summed E-state index contributed by atoms with van der Waals surface area (Å²) in [4.78, 5) is 6.70. The van der Waals surface area contributed by atoms with E-state index in [1.54, 1.807) is 0 Å². The molecule has 1 N–H and O–H groups in total. The fraction of sp³-hybridized carbons (Fsp3) is 0.276. The third-order valence-corrected chi connectivity index (χ3v) is 7.36. The number of hydrogen-bond acceptors (Lipinski definition) is 4. The van der Waals surface area contributed by atoms with Gasteiger partial charge in [0.1, 0.15) is 17.2 Å². The third-order valence-electron chi connectivity index (χ3n) is 6.51. The van der Waals surface area contributed by atoms with Gasteiger partial charge in [0.2, 0.25) is 5.88 Å². The molecule has 1 heterocycles. The Balaban J connectivity index is 2.05. The standard InChI is InChI=1S/C29H29BrF2N2O2/c1-18-12-26-20(14-25(18)30)13-24(28(33-26)36-4)27(19-8-6-5-7-9-19)29(35,10-11-34(2)3)21-15-22(31)17-23(32)16-21/h5-9,12-17,27,35H,10-11H2,1-4H3. The zero-order valence-electron chi connectivity index (χ0n) is 20.7. The van der Waals surface area contributed by atoms with Crippen LogP contribution in [0.3, 0.4) is 0 Å². The van der Waals surface area contributed by atoms with Crippen LogP contribution in [0, 0.1) is 18.6 Å². The Hall–Kier alpha value is -2.87. The van der Waals surface area contributed by atoms with Gasteiger partial charge in [-0.05, 0) is 74.5 Å². The second-order valence-electron chi connectivity index (χ2n) is 9.36. The van der Waals surface area contributed by atoms with Crippen LogP contribution in [0.15, 0.2) is 71.2 Å². The van der Waals surface area contributed by atoms with Crippen LogP contribution in [0.1, 0.15) is 34.6 Å². The van der Waals surface area contributed by atoms with Crippen molar-refractivity contribution in [2.24, 2.45) is 0 Å². The van der Waals surface area contributed by atoms with Gasteiger partial charge in [0, 0.05) is 34.0 Å². The number of nitrogens with zero attached hydrogens (tertiary/aromatic N) is 2. The van der Waals surface area contributed by atoms with Crippen LogP contribution in [0.25, 0.3) is 10.9 Å². The van der Waals surface area contributed by atoms with E-state index in [1.165, 1.54) is 19.2 Å². The lowest BCUT2D eigenvalue weighted by Crippen LogP contribution is -2.38. The molecule has 0 saturated heterocycles. The van der Waals surface area contributed by atoms with Crippen LogP contribution < -0.4 is 4.74 Å². The highest BCUT2D eigenvalue weighted by molar-refractivity contribution is 9.10. The molecule has 36 heavy (non-hydrogen) atoms. The maximum absolute atomic E-state index is 14.5. The average Bonchev–Trinajstić information content (AvgIpc) is 2.83. The Kier molecular flexibility index (Phi) is 7.73. The smallest absolute Gasteiger partial charge is 0.217 e. The van der Waals surface area contributed by atoms with E-state index in [0.29, 0.717) is 18.0 Å². The predicted molar refractivity (Wildman–Crippen MR) is 142 cm³/mol. The SMILES string of the molecule is COc1nc2cc(C)c(Br)cc2cc1C(c1ccccc1)C(O)(CCN(C)C)c1cc(F)cc(F)c1. The van der Waals surface area contributed by atoms with Gasteiger partial charge in [-0.1, -0.05) is 46.3 Å². The molecule has 0 spiro atoms. The van der Waals surface area contributed by atoms with Gasteiger partial charge in [-0.25, -0.2) is 13.8 Å². The van der Waals surface area contributed by atoms with E-state index in [2.05, 4.69) is 15.9 Å². The third kappa shape index (κ3) is 5.28. The van der Waals surface area contributed by atoms with E-state index in [1.807, 2.05) is 74.4 Å². The molecule has 4 rings (SSSR count). The first-order valence-corrected chi connectivity index (χ1v) is 12.4. The fourth-order valence-electron chi connectivity index (χ4n) is 4.68. The second kappa shape index (κ2) is 10.6. The molecule has 2 unspecified atom stereocenters. The van der Waals surface area contributed by atoms with E-state index >= 15 is 0 Å². The van der Waals surface area contributed by atoms with Gasteiger partial charge in [0.15, 0.2) is 0 Å². The minimum Gasteiger partial charge on any atom is -0.481 e. The topological polar surface area (TPSA) is 45.6 Å². The molecular weight excluding hydrogens is 526 g/mol. The summed E-state index contributed by atoms with van der Waals surface area (Å²) in [7, 11) is 5.32. The van der Waals surface area contributed by atoms with Gasteiger partial charge in [-0.3, -0.25) is 0 Å². The largest absolute Gasteiger partial charge is 0.481 e. The highest BCUT2D eigenvalue weighted by atomic mass is 79.9. The van der Waals surface area contributed by atoms with Crippen molar-refractivity contribution in [1.82, 2.24) is 9.88 Å². The summed E-state index contributed by atoms with van der Waals surface area (Å²) in [5.41, 5.74) is 1.65. The molecule has 4 aromatic rings. The van der Waals surface area contributed by atoms with Crippen molar-refractivity contribution in [1.29, 1.82) is 0 Å². The zero-order valence-corrected chi connectivity index (χ0v) is 22.3. The van der Waals surface area contributed by atoms with Crippen molar-refractivity contribution in [3.8, 4) is 5.88 Å². The molecule has 0 fully saturated rings. The van der Waals surface area contributed by atoms with Gasteiger partial charge in [0.25, 0.3) is 0 Å². The van der Waals surface area contributed by atoms with Crippen molar-refractivity contribution in [3.63, 3.8) is 0 Å². The maximum Gasteiger partial charge on any atom is 0.217 e. The molecule has 7 heteroatoms. The number of benzene rings is 3. The van der Waals surface area contributed by atoms with Crippen molar-refractivity contribution < 1.29 is 18.6 Å². The summed E-state index contributed by atoms with van der Waals surface area (Å²) >= 11 is 3.59. The molecule has 0 aliphatic heterocycles. The molecule has 0 bridgehead atoms. The number of fused-ring (bicyclic) bond motifs is 1. The molecule has 4 nitrogen and oxygen atoms in total. The van der Waals surface area contributed by atoms with Gasteiger partial charge >= 0.3 is 0 Å². The van der Waals surface area contributed by atoms with Crippen LogP contribution in [-0.2, 0) is 5.60 Å². The number of ether oxygens (including phenoxy) is 1. The normalized spacial score (nSPS) is 14.1. The molecule has 0 radical (unpaired) electrons. The molecule has 3 aromatic carbocycles. The molecule has 0 amide bonds. The Morgan fingerprint density at radius 3 is 2.31 bits per heavy atom. The molecule has 1 aromatic heterocycles. The predicted octanol–water partition coefficient (Wildman–Crippen LogP) is 6.56. The van der Waals surface area contributed by atoms with E-state index in [9.17, 15) is 13.9 Å². The van der Waals surface area contributed by atoms with E-state index < -0.39 is 23.2 Å². The Morgan fingerprint density at radius 2 is 1.69 bits per heavy atom. The number of rotatable bonds is 8. The fourth-order valence-corrected chi connectivity index (χ4v) is 5.04. The second-order valence-corrected chi connectivity index (χ2v) is 10.2. The molecular formula is C29H29BrF2N2O2. The molecule has 0 aliphatic carbocycles. The van der Waals surface area contributed by atoms with Gasteiger partial charge in [-0.15, -0.1) is 0 Å². The summed E-state index contributed by atoms with van der Waals surface area (Å²) in [5.74, 6) is -1.88. The summed E-state index contributed by atoms with van der Waals surface area (Å²) in [6.45, 7) is 2.46. The summed E-state index contributed by atoms with van der Waals surface area (Å²) in [5, 5.41) is 13.3. The van der Waals surface area contributed by atoms with Crippen molar-refractivity contribution >= 4 is 26.8 Å². The van der Waals surface area contributed by atoms with Gasteiger partial charge < -0.3 is 14.7 Å². The summed E-state index contributed by atoms with van der Waals surface area (Å²) < 4.78 is 35.6. The molecule has 0 aliphatic rings. The number of aliphatic hydroxyl groups is 1. The first-order valence-electron chi connectivity index (χ1n) is 11.7. The number of pyridine rings is 1. The van der Waals surface area contributed by atoms with E-state index in [-0.39, 0.29) is 12.0 Å². The maximum atomic E-state index is 14.5. The van der Waals surface area contributed by atoms with Crippen LogP contribution in [0.5, 0.6) is 5.88 Å². The minimum absolute atomic E-state index is 0.155. The first kappa shape index (κ1) is 26.2. The van der Waals surface area contributed by atoms with Crippen LogP contribution >= 0.6 is 15.9 Å². The molecule has 188 valence electrons. The zero-order chi connectivity index (χ0) is 26.0. The van der Waals surface area contributed by atoms with Crippen LogP contribution in [-0.4, -0.2) is 42.7 Å². The van der Waals surface area contributed by atoms with E-state index in [4.69, 9.17) is 9.72 Å².